The molecule has 118 valence electrons. The lowest BCUT2D eigenvalue weighted by molar-refractivity contribution is -0.139. The lowest BCUT2D eigenvalue weighted by atomic mass is 10.2. The van der Waals surface area contributed by atoms with E-state index in [1.807, 2.05) is 0 Å². The van der Waals surface area contributed by atoms with Gasteiger partial charge in [-0.3, -0.25) is 0 Å². The van der Waals surface area contributed by atoms with Gasteiger partial charge in [0.05, 0.1) is 4.90 Å². The average Bonchev–Trinajstić information content (AvgIpc) is 2.88. The van der Waals surface area contributed by atoms with E-state index >= 15 is 0 Å². The normalized spacial score (nSPS) is 17.6. The Balaban J connectivity index is 2.38. The molecule has 0 spiro atoms. The fraction of sp³-hybridized carbons (Fsp3) is 0.538. The van der Waals surface area contributed by atoms with Crippen molar-refractivity contribution in [3.8, 4) is 0 Å². The van der Waals surface area contributed by atoms with E-state index in [2.05, 4.69) is 0 Å². The zero-order valence-electron chi connectivity index (χ0n) is 11.1. The second-order valence-electron chi connectivity index (χ2n) is 5.06. The first-order chi connectivity index (χ1) is 9.70. The molecule has 1 aliphatic rings. The zero-order valence-corrected chi connectivity index (χ0v) is 12.7. The Bertz CT molecular complexity index is 598. The molecule has 21 heavy (non-hydrogen) atoms. The molecule has 0 atom stereocenters. The maximum Gasteiger partial charge on any atom is 0.402 e. The maximum atomic E-state index is 12.8. The number of hydrogen-bond acceptors (Lipinski definition) is 2. The Morgan fingerprint density at radius 1 is 1.24 bits per heavy atom. The first kappa shape index (κ1) is 16.6. The molecule has 1 fully saturated rings. The molecule has 0 aromatic heterocycles. The number of sulfonamides is 1. The molecule has 0 amide bonds. The molecule has 0 saturated heterocycles. The van der Waals surface area contributed by atoms with Gasteiger partial charge in [-0.05, 0) is 31.0 Å². The fourth-order valence-corrected chi connectivity index (χ4v) is 4.51. The van der Waals surface area contributed by atoms with Crippen LogP contribution in [0.1, 0.15) is 25.7 Å². The van der Waals surface area contributed by atoms with Gasteiger partial charge < -0.3 is 0 Å². The molecule has 0 heterocycles. The maximum absolute atomic E-state index is 12.8. The van der Waals surface area contributed by atoms with Gasteiger partial charge in [-0.2, -0.15) is 17.5 Å². The molecule has 1 aromatic carbocycles. The highest BCUT2D eigenvalue weighted by atomic mass is 35.5. The largest absolute Gasteiger partial charge is 0.402 e. The average molecular weight is 342 g/mol. The molecular formula is C13H15ClF3NO2S. The summed E-state index contributed by atoms with van der Waals surface area (Å²) < 4.78 is 63.9. The third-order valence-electron chi connectivity index (χ3n) is 3.47. The summed E-state index contributed by atoms with van der Waals surface area (Å²) in [5.41, 5.74) is 0. The highest BCUT2D eigenvalue weighted by Crippen LogP contribution is 2.32. The Morgan fingerprint density at radius 3 is 2.38 bits per heavy atom. The van der Waals surface area contributed by atoms with Crippen LogP contribution in [0.3, 0.4) is 0 Å². The number of alkyl halides is 3. The number of halogens is 4. The molecule has 0 N–H and O–H groups in total. The highest BCUT2D eigenvalue weighted by molar-refractivity contribution is 7.89. The van der Waals surface area contributed by atoms with Crippen LogP contribution in [0.25, 0.3) is 0 Å². The van der Waals surface area contributed by atoms with E-state index in [-0.39, 0.29) is 9.92 Å². The van der Waals surface area contributed by atoms with Crippen LogP contribution < -0.4 is 0 Å². The Morgan fingerprint density at radius 2 is 1.86 bits per heavy atom. The van der Waals surface area contributed by atoms with E-state index in [9.17, 15) is 21.6 Å². The van der Waals surface area contributed by atoms with Crippen LogP contribution in [0.4, 0.5) is 13.2 Å². The van der Waals surface area contributed by atoms with Crippen LogP contribution in [0.5, 0.6) is 0 Å². The van der Waals surface area contributed by atoms with Crippen LogP contribution in [-0.2, 0) is 10.0 Å². The minimum atomic E-state index is -4.58. The number of hydrogen-bond donors (Lipinski definition) is 0. The van der Waals surface area contributed by atoms with Gasteiger partial charge in [0.1, 0.15) is 6.54 Å². The number of nitrogens with zero attached hydrogens (tertiary/aromatic N) is 1. The molecule has 3 nitrogen and oxygen atoms in total. The van der Waals surface area contributed by atoms with E-state index in [0.29, 0.717) is 17.1 Å². The summed E-state index contributed by atoms with van der Waals surface area (Å²) in [5.74, 6) is 0. The summed E-state index contributed by atoms with van der Waals surface area (Å²) in [5, 5.41) is 0.175. The lowest BCUT2D eigenvalue weighted by Gasteiger charge is -2.28. The van der Waals surface area contributed by atoms with Crippen molar-refractivity contribution in [1.82, 2.24) is 4.31 Å². The molecule has 0 aliphatic heterocycles. The van der Waals surface area contributed by atoms with E-state index < -0.39 is 28.8 Å². The molecule has 1 aromatic rings. The molecule has 0 unspecified atom stereocenters. The van der Waals surface area contributed by atoms with Crippen LogP contribution >= 0.6 is 11.6 Å². The smallest absolute Gasteiger partial charge is 0.207 e. The topological polar surface area (TPSA) is 37.4 Å². The van der Waals surface area contributed by atoms with Crippen molar-refractivity contribution in [2.45, 2.75) is 42.8 Å². The van der Waals surface area contributed by atoms with Crippen molar-refractivity contribution in [3.63, 3.8) is 0 Å². The molecule has 0 bridgehead atoms. The Kier molecular flexibility index (Phi) is 4.85. The van der Waals surface area contributed by atoms with Gasteiger partial charge in [-0.25, -0.2) is 8.42 Å². The molecule has 2 rings (SSSR count). The van der Waals surface area contributed by atoms with Crippen LogP contribution in [0, 0.1) is 0 Å². The minimum absolute atomic E-state index is 0.175. The van der Waals surface area contributed by atoms with Gasteiger partial charge in [0.15, 0.2) is 0 Å². The fourth-order valence-electron chi connectivity index (χ4n) is 2.54. The van der Waals surface area contributed by atoms with Gasteiger partial charge in [0.25, 0.3) is 0 Å². The summed E-state index contributed by atoms with van der Waals surface area (Å²) in [4.78, 5) is -0.203. The third kappa shape index (κ3) is 4.11. The van der Waals surface area contributed by atoms with Crippen molar-refractivity contribution in [3.05, 3.63) is 29.3 Å². The lowest BCUT2D eigenvalue weighted by Crippen LogP contribution is -2.44. The number of benzene rings is 1. The van der Waals surface area contributed by atoms with E-state index in [4.69, 9.17) is 11.6 Å². The monoisotopic (exact) mass is 341 g/mol. The quantitative estimate of drug-likeness (QED) is 0.834. The minimum Gasteiger partial charge on any atom is -0.207 e. The summed E-state index contributed by atoms with van der Waals surface area (Å²) >= 11 is 5.74. The van der Waals surface area contributed by atoms with E-state index in [1.165, 1.54) is 24.3 Å². The SMILES string of the molecule is O=S(=O)(c1cccc(Cl)c1)N(CC(F)(F)F)C1CCCC1. The van der Waals surface area contributed by atoms with Crippen molar-refractivity contribution in [2.24, 2.45) is 0 Å². The molecular weight excluding hydrogens is 327 g/mol. The third-order valence-corrected chi connectivity index (χ3v) is 5.60. The standard InChI is InChI=1S/C13H15ClF3NO2S/c14-10-4-3-7-12(8-10)21(19,20)18(9-13(15,16)17)11-5-1-2-6-11/h3-4,7-8,11H,1-2,5-6,9H2. The molecule has 1 saturated carbocycles. The first-order valence-electron chi connectivity index (χ1n) is 6.54. The predicted octanol–water partition coefficient (Wildman–Crippen LogP) is 3.84. The highest BCUT2D eigenvalue weighted by Gasteiger charge is 2.41. The summed E-state index contributed by atoms with van der Waals surface area (Å²) in [6.45, 7) is -1.47. The van der Waals surface area contributed by atoms with Gasteiger partial charge >= 0.3 is 6.18 Å². The second-order valence-corrected chi connectivity index (χ2v) is 7.39. The van der Waals surface area contributed by atoms with Gasteiger partial charge in [0.2, 0.25) is 10.0 Å². The Labute approximate surface area is 126 Å². The van der Waals surface area contributed by atoms with Crippen LogP contribution in [-0.4, -0.2) is 31.5 Å². The van der Waals surface area contributed by atoms with Gasteiger partial charge in [-0.1, -0.05) is 30.5 Å². The summed E-state index contributed by atoms with van der Waals surface area (Å²) in [7, 11) is -4.21. The number of rotatable bonds is 4. The Hall–Kier alpha value is -0.790. The zero-order chi connectivity index (χ0) is 15.7. The molecule has 1 aliphatic carbocycles. The summed E-state index contributed by atoms with van der Waals surface area (Å²) in [6, 6.07) is 4.73. The second kappa shape index (κ2) is 6.14. The van der Waals surface area contributed by atoms with E-state index in [0.717, 1.165) is 12.8 Å². The summed E-state index contributed by atoms with van der Waals surface area (Å²) in [6.07, 6.45) is -2.19. The van der Waals surface area contributed by atoms with E-state index in [1.54, 1.807) is 0 Å². The van der Waals surface area contributed by atoms with Crippen molar-refractivity contribution >= 4 is 21.6 Å². The van der Waals surface area contributed by atoms with Crippen LogP contribution in [0.15, 0.2) is 29.2 Å². The molecule has 8 heteroatoms. The first-order valence-corrected chi connectivity index (χ1v) is 8.36. The van der Waals surface area contributed by atoms with Crippen LogP contribution in [0.2, 0.25) is 5.02 Å². The molecule has 0 radical (unpaired) electrons. The van der Waals surface area contributed by atoms with Crippen molar-refractivity contribution in [1.29, 1.82) is 0 Å². The van der Waals surface area contributed by atoms with Crippen molar-refractivity contribution in [2.75, 3.05) is 6.54 Å². The predicted molar refractivity (Wildman–Crippen MR) is 73.7 cm³/mol. The van der Waals surface area contributed by atoms with Gasteiger partial charge in [0, 0.05) is 11.1 Å². The van der Waals surface area contributed by atoms with Crippen molar-refractivity contribution < 1.29 is 21.6 Å². The van der Waals surface area contributed by atoms with Gasteiger partial charge in [-0.15, -0.1) is 0 Å².